The maximum absolute atomic E-state index is 13.1. The van der Waals surface area contributed by atoms with Gasteiger partial charge in [-0.25, -0.2) is 9.97 Å². The van der Waals surface area contributed by atoms with Crippen LogP contribution in [0, 0.1) is 0 Å². The zero-order valence-electron chi connectivity index (χ0n) is 16.7. The Morgan fingerprint density at radius 2 is 1.87 bits per heavy atom. The van der Waals surface area contributed by atoms with Crippen LogP contribution in [0.5, 0.6) is 0 Å². The molecule has 0 bridgehead atoms. The van der Waals surface area contributed by atoms with Gasteiger partial charge in [0.1, 0.15) is 11.5 Å². The van der Waals surface area contributed by atoms with Gasteiger partial charge in [-0.15, -0.1) is 0 Å². The lowest BCUT2D eigenvalue weighted by atomic mass is 9.97. The Kier molecular flexibility index (Phi) is 5.01. The van der Waals surface area contributed by atoms with Gasteiger partial charge < -0.3 is 9.32 Å². The van der Waals surface area contributed by atoms with Crippen LogP contribution >= 0.6 is 0 Å². The van der Waals surface area contributed by atoms with Crippen LogP contribution in [-0.2, 0) is 6.42 Å². The first-order chi connectivity index (χ1) is 14.8. The summed E-state index contributed by atoms with van der Waals surface area (Å²) in [6.07, 6.45) is 4.44. The summed E-state index contributed by atoms with van der Waals surface area (Å²) in [5.74, 6) is 1.68. The van der Waals surface area contributed by atoms with Gasteiger partial charge in [-0.2, -0.15) is 0 Å². The topological polar surface area (TPSA) is 59.2 Å². The minimum atomic E-state index is -0.0264. The van der Waals surface area contributed by atoms with Crippen LogP contribution in [0.4, 0.5) is 0 Å². The Hall–Kier alpha value is -3.47. The molecule has 0 N–H and O–H groups in total. The minimum absolute atomic E-state index is 0.0264. The molecule has 5 rings (SSSR count). The van der Waals surface area contributed by atoms with Gasteiger partial charge in [0, 0.05) is 24.9 Å². The molecule has 5 heteroatoms. The molecule has 2 aromatic heterocycles. The summed E-state index contributed by atoms with van der Waals surface area (Å²) in [4.78, 5) is 24.1. The average molecular weight is 397 g/mol. The molecule has 1 atom stereocenters. The lowest BCUT2D eigenvalue weighted by Gasteiger charge is -2.31. The highest BCUT2D eigenvalue weighted by atomic mass is 16.4. The molecule has 5 nitrogen and oxygen atoms in total. The van der Waals surface area contributed by atoms with E-state index in [1.54, 1.807) is 0 Å². The van der Waals surface area contributed by atoms with E-state index in [9.17, 15) is 4.79 Å². The van der Waals surface area contributed by atoms with Crippen molar-refractivity contribution in [3.05, 3.63) is 95.8 Å². The summed E-state index contributed by atoms with van der Waals surface area (Å²) in [6.45, 7) is 1.35. The summed E-state index contributed by atoms with van der Waals surface area (Å²) in [5.41, 5.74) is 2.53. The van der Waals surface area contributed by atoms with E-state index in [1.807, 2.05) is 65.7 Å². The van der Waals surface area contributed by atoms with Crippen LogP contribution in [0.3, 0.4) is 0 Å². The maximum Gasteiger partial charge on any atom is 0.272 e. The number of fused-ring (bicyclic) bond motifs is 1. The molecule has 3 heterocycles. The highest BCUT2D eigenvalue weighted by molar-refractivity contribution is 5.95. The standard InChI is InChI=1S/C25H23N3O2/c29-25(23-13-12-19-9-4-5-11-22(19)27-23)28-14-6-10-20(17-28)24-26-16-21(30-24)15-18-7-2-1-3-8-18/h1-5,7-9,11-13,16,20H,6,10,14-15,17H2. The van der Waals surface area contributed by atoms with Crippen LogP contribution in [0.15, 0.2) is 77.3 Å². The fraction of sp³-hybridized carbons (Fsp3) is 0.240. The van der Waals surface area contributed by atoms with Gasteiger partial charge in [0.05, 0.1) is 17.6 Å². The predicted molar refractivity (Wildman–Crippen MR) is 115 cm³/mol. The molecule has 1 amide bonds. The molecule has 150 valence electrons. The number of likely N-dealkylation sites (tertiary alicyclic amines) is 1. The molecule has 1 unspecified atom stereocenters. The SMILES string of the molecule is O=C(c1ccc2ccccc2n1)N1CCCC(c2ncc(Cc3ccccc3)o2)C1. The van der Waals surface area contributed by atoms with E-state index in [1.165, 1.54) is 5.56 Å². The van der Waals surface area contributed by atoms with Crippen molar-refractivity contribution in [1.82, 2.24) is 14.9 Å². The highest BCUT2D eigenvalue weighted by Crippen LogP contribution is 2.28. The van der Waals surface area contributed by atoms with E-state index < -0.39 is 0 Å². The number of rotatable bonds is 4. The second kappa shape index (κ2) is 8.11. The molecule has 2 aromatic carbocycles. The second-order valence-corrected chi connectivity index (χ2v) is 7.81. The Bertz CT molecular complexity index is 1170. The monoisotopic (exact) mass is 397 g/mol. The van der Waals surface area contributed by atoms with Crippen LogP contribution < -0.4 is 0 Å². The van der Waals surface area contributed by atoms with Crippen molar-refractivity contribution in [3.8, 4) is 0 Å². The lowest BCUT2D eigenvalue weighted by molar-refractivity contribution is 0.0692. The Labute approximate surface area is 175 Å². The van der Waals surface area contributed by atoms with E-state index in [2.05, 4.69) is 22.1 Å². The first kappa shape index (κ1) is 18.6. The van der Waals surface area contributed by atoms with Crippen molar-refractivity contribution in [2.24, 2.45) is 0 Å². The van der Waals surface area contributed by atoms with Crippen molar-refractivity contribution >= 4 is 16.8 Å². The number of amides is 1. The number of piperidine rings is 1. The van der Waals surface area contributed by atoms with Crippen molar-refractivity contribution in [2.75, 3.05) is 13.1 Å². The lowest BCUT2D eigenvalue weighted by Crippen LogP contribution is -2.39. The smallest absolute Gasteiger partial charge is 0.272 e. The molecule has 1 aliphatic heterocycles. The normalized spacial score (nSPS) is 16.7. The first-order valence-electron chi connectivity index (χ1n) is 10.4. The van der Waals surface area contributed by atoms with E-state index in [4.69, 9.17) is 4.42 Å². The number of benzene rings is 2. The number of carbonyl (C=O) groups is 1. The molecule has 0 saturated carbocycles. The third kappa shape index (κ3) is 3.83. The van der Waals surface area contributed by atoms with Crippen LogP contribution in [-0.4, -0.2) is 33.9 Å². The molecule has 4 aromatic rings. The van der Waals surface area contributed by atoms with Crippen molar-refractivity contribution in [2.45, 2.75) is 25.2 Å². The molecule has 1 saturated heterocycles. The van der Waals surface area contributed by atoms with Gasteiger partial charge in [-0.1, -0.05) is 54.6 Å². The largest absolute Gasteiger partial charge is 0.445 e. The Morgan fingerprint density at radius 1 is 1.03 bits per heavy atom. The summed E-state index contributed by atoms with van der Waals surface area (Å²) in [7, 11) is 0. The van der Waals surface area contributed by atoms with E-state index in [-0.39, 0.29) is 11.8 Å². The van der Waals surface area contributed by atoms with Crippen molar-refractivity contribution in [1.29, 1.82) is 0 Å². The molecule has 0 aliphatic carbocycles. The number of aromatic nitrogens is 2. The highest BCUT2D eigenvalue weighted by Gasteiger charge is 2.29. The average Bonchev–Trinajstić information content (AvgIpc) is 3.27. The van der Waals surface area contributed by atoms with Gasteiger partial charge >= 0.3 is 0 Å². The van der Waals surface area contributed by atoms with Crippen molar-refractivity contribution < 1.29 is 9.21 Å². The number of para-hydroxylation sites is 1. The fourth-order valence-corrected chi connectivity index (χ4v) is 4.10. The molecule has 1 aliphatic rings. The number of pyridine rings is 1. The molecular weight excluding hydrogens is 374 g/mol. The van der Waals surface area contributed by atoms with E-state index in [0.717, 1.165) is 48.4 Å². The predicted octanol–water partition coefficient (Wildman–Crippen LogP) is 4.83. The minimum Gasteiger partial charge on any atom is -0.445 e. The van der Waals surface area contributed by atoms with E-state index >= 15 is 0 Å². The number of hydrogen-bond acceptors (Lipinski definition) is 4. The van der Waals surface area contributed by atoms with Gasteiger partial charge in [0.2, 0.25) is 0 Å². The molecule has 30 heavy (non-hydrogen) atoms. The number of carbonyl (C=O) groups excluding carboxylic acids is 1. The van der Waals surface area contributed by atoms with Gasteiger partial charge in [0.25, 0.3) is 5.91 Å². The van der Waals surface area contributed by atoms with Crippen LogP contribution in [0.25, 0.3) is 10.9 Å². The van der Waals surface area contributed by atoms with Gasteiger partial charge in [0.15, 0.2) is 5.89 Å². The van der Waals surface area contributed by atoms with Crippen LogP contribution in [0.2, 0.25) is 0 Å². The van der Waals surface area contributed by atoms with Crippen molar-refractivity contribution in [3.63, 3.8) is 0 Å². The maximum atomic E-state index is 13.1. The first-order valence-corrected chi connectivity index (χ1v) is 10.4. The molecule has 0 radical (unpaired) electrons. The van der Waals surface area contributed by atoms with E-state index in [0.29, 0.717) is 12.2 Å². The number of oxazole rings is 1. The summed E-state index contributed by atoms with van der Waals surface area (Å²) < 4.78 is 6.05. The quantitative estimate of drug-likeness (QED) is 0.495. The Balaban J connectivity index is 1.30. The third-order valence-corrected chi connectivity index (χ3v) is 5.67. The zero-order valence-corrected chi connectivity index (χ0v) is 16.7. The molecule has 1 fully saturated rings. The number of hydrogen-bond donors (Lipinski definition) is 0. The molecule has 0 spiro atoms. The Morgan fingerprint density at radius 3 is 2.77 bits per heavy atom. The number of nitrogens with zero attached hydrogens (tertiary/aromatic N) is 3. The van der Waals surface area contributed by atoms with Gasteiger partial charge in [-0.3, -0.25) is 4.79 Å². The molecular formula is C25H23N3O2. The summed E-state index contributed by atoms with van der Waals surface area (Å²) in [5, 5.41) is 1.04. The third-order valence-electron chi connectivity index (χ3n) is 5.67. The summed E-state index contributed by atoms with van der Waals surface area (Å²) >= 11 is 0. The fourth-order valence-electron chi connectivity index (χ4n) is 4.10. The zero-order chi connectivity index (χ0) is 20.3. The second-order valence-electron chi connectivity index (χ2n) is 7.81. The van der Waals surface area contributed by atoms with Gasteiger partial charge in [-0.05, 0) is 30.5 Å². The van der Waals surface area contributed by atoms with Crippen LogP contribution in [0.1, 0.15) is 46.5 Å². The summed E-state index contributed by atoms with van der Waals surface area (Å²) in [6, 6.07) is 21.9.